The van der Waals surface area contributed by atoms with E-state index in [4.69, 9.17) is 5.73 Å². The Labute approximate surface area is 173 Å². The summed E-state index contributed by atoms with van der Waals surface area (Å²) in [6.45, 7) is 5.43. The van der Waals surface area contributed by atoms with Gasteiger partial charge in [0, 0.05) is 44.3 Å². The third-order valence-corrected chi connectivity index (χ3v) is 6.01. The molecule has 2 aromatic rings. The average Bonchev–Trinajstić information content (AvgIpc) is 2.75. The Morgan fingerprint density at radius 3 is 2.45 bits per heavy atom. The lowest BCUT2D eigenvalue weighted by Crippen LogP contribution is -2.46. The van der Waals surface area contributed by atoms with Crippen molar-refractivity contribution in [1.29, 1.82) is 0 Å². The minimum atomic E-state index is 0.324. The molecular weight excluding hydrogens is 362 g/mol. The molecule has 0 bridgehead atoms. The van der Waals surface area contributed by atoms with Gasteiger partial charge in [0.15, 0.2) is 0 Å². The predicted octanol–water partition coefficient (Wildman–Crippen LogP) is 2.95. The summed E-state index contributed by atoms with van der Waals surface area (Å²) in [5.41, 5.74) is 7.26. The smallest absolute Gasteiger partial charge is 0.227 e. The quantitative estimate of drug-likeness (QED) is 0.746. The molecule has 29 heavy (non-hydrogen) atoms. The molecule has 1 aromatic carbocycles. The van der Waals surface area contributed by atoms with Crippen LogP contribution < -0.4 is 16.0 Å². The number of hydrogen-bond acceptors (Lipinski definition) is 7. The number of aromatic nitrogens is 3. The van der Waals surface area contributed by atoms with Gasteiger partial charge in [0.1, 0.15) is 5.82 Å². The van der Waals surface area contributed by atoms with Crippen LogP contribution in [0.1, 0.15) is 44.3 Å². The van der Waals surface area contributed by atoms with Gasteiger partial charge in [-0.05, 0) is 37.9 Å². The minimum Gasteiger partial charge on any atom is -0.369 e. The molecular formula is C22H33N7. The monoisotopic (exact) mass is 395 g/mol. The van der Waals surface area contributed by atoms with Crippen molar-refractivity contribution in [2.45, 2.75) is 51.0 Å². The van der Waals surface area contributed by atoms with Crippen LogP contribution in [0, 0.1) is 0 Å². The fraction of sp³-hybridized carbons (Fsp3) is 0.591. The van der Waals surface area contributed by atoms with Crippen molar-refractivity contribution >= 4 is 17.6 Å². The summed E-state index contributed by atoms with van der Waals surface area (Å²) in [5.74, 6) is 1.78. The van der Waals surface area contributed by atoms with Crippen LogP contribution in [0.4, 0.5) is 17.6 Å². The summed E-state index contributed by atoms with van der Waals surface area (Å²) in [7, 11) is 0. The fourth-order valence-corrected chi connectivity index (χ4v) is 4.37. The summed E-state index contributed by atoms with van der Waals surface area (Å²) in [6.07, 6.45) is 8.15. The predicted molar refractivity (Wildman–Crippen MR) is 118 cm³/mol. The lowest BCUT2D eigenvalue weighted by atomic mass is 9.96. The molecule has 0 spiro atoms. The highest BCUT2D eigenvalue weighted by Gasteiger charge is 2.18. The van der Waals surface area contributed by atoms with Gasteiger partial charge in [-0.25, -0.2) is 0 Å². The van der Waals surface area contributed by atoms with Crippen molar-refractivity contribution < 1.29 is 0 Å². The summed E-state index contributed by atoms with van der Waals surface area (Å²) in [6, 6.07) is 11.2. The molecule has 2 fully saturated rings. The Kier molecular flexibility index (Phi) is 6.77. The number of rotatable bonds is 7. The van der Waals surface area contributed by atoms with Crippen molar-refractivity contribution in [3.63, 3.8) is 0 Å². The normalized spacial score (nSPS) is 18.7. The van der Waals surface area contributed by atoms with Crippen LogP contribution in [0.5, 0.6) is 0 Å². The highest BCUT2D eigenvalue weighted by Crippen LogP contribution is 2.20. The molecule has 4 rings (SSSR count). The maximum atomic E-state index is 5.93. The molecule has 3 N–H and O–H groups in total. The standard InChI is InChI=1S/C22H33N7/c23-21-25-20(26-22(27-21)24-18-8-3-1-4-9-18)12-7-13-28-14-16-29(17-15-28)19-10-5-2-6-11-19/h2,5-6,10-11,18H,1,3-4,7-9,12-17H2,(H3,23,24,25,26,27). The molecule has 156 valence electrons. The van der Waals surface area contributed by atoms with E-state index in [9.17, 15) is 0 Å². The first-order valence-corrected chi connectivity index (χ1v) is 11.1. The van der Waals surface area contributed by atoms with Crippen LogP contribution in [-0.4, -0.2) is 58.6 Å². The van der Waals surface area contributed by atoms with Gasteiger partial charge in [-0.15, -0.1) is 0 Å². The Bertz CT molecular complexity index is 753. The van der Waals surface area contributed by atoms with Crippen LogP contribution in [0.25, 0.3) is 0 Å². The van der Waals surface area contributed by atoms with E-state index in [1.165, 1.54) is 37.8 Å². The van der Waals surface area contributed by atoms with E-state index < -0.39 is 0 Å². The van der Waals surface area contributed by atoms with Crippen molar-refractivity contribution in [3.8, 4) is 0 Å². The first-order valence-electron chi connectivity index (χ1n) is 11.1. The summed E-state index contributed by atoms with van der Waals surface area (Å²) < 4.78 is 0. The van der Waals surface area contributed by atoms with Crippen molar-refractivity contribution in [3.05, 3.63) is 36.2 Å². The number of piperazine rings is 1. The third kappa shape index (κ3) is 5.79. The lowest BCUT2D eigenvalue weighted by Gasteiger charge is -2.36. The SMILES string of the molecule is Nc1nc(CCCN2CCN(c3ccccc3)CC2)nc(NC2CCCCC2)n1. The van der Waals surface area contributed by atoms with Crippen LogP contribution >= 0.6 is 0 Å². The second-order valence-electron chi connectivity index (χ2n) is 8.18. The van der Waals surface area contributed by atoms with Crippen LogP contribution in [0.2, 0.25) is 0 Å². The number of aryl methyl sites for hydroxylation is 1. The van der Waals surface area contributed by atoms with E-state index in [0.717, 1.165) is 51.4 Å². The van der Waals surface area contributed by atoms with E-state index >= 15 is 0 Å². The highest BCUT2D eigenvalue weighted by molar-refractivity contribution is 5.46. The van der Waals surface area contributed by atoms with Crippen molar-refractivity contribution in [1.82, 2.24) is 19.9 Å². The molecule has 1 aliphatic heterocycles. The molecule has 0 unspecified atom stereocenters. The zero-order valence-electron chi connectivity index (χ0n) is 17.3. The van der Waals surface area contributed by atoms with Gasteiger partial charge in [0.2, 0.25) is 11.9 Å². The van der Waals surface area contributed by atoms with Gasteiger partial charge < -0.3 is 16.0 Å². The first kappa shape index (κ1) is 19.9. The molecule has 1 aliphatic carbocycles. The molecule has 1 saturated carbocycles. The number of nitrogen functional groups attached to an aromatic ring is 1. The third-order valence-electron chi connectivity index (χ3n) is 6.01. The van der Waals surface area contributed by atoms with Gasteiger partial charge >= 0.3 is 0 Å². The number of nitrogens with zero attached hydrogens (tertiary/aromatic N) is 5. The highest BCUT2D eigenvalue weighted by atomic mass is 15.3. The Morgan fingerprint density at radius 1 is 0.931 bits per heavy atom. The molecule has 7 nitrogen and oxygen atoms in total. The zero-order chi connectivity index (χ0) is 19.9. The molecule has 0 radical (unpaired) electrons. The number of nitrogens with one attached hydrogen (secondary N) is 1. The minimum absolute atomic E-state index is 0.324. The van der Waals surface area contributed by atoms with Gasteiger partial charge in [0.05, 0.1) is 0 Å². The second-order valence-corrected chi connectivity index (χ2v) is 8.18. The van der Waals surface area contributed by atoms with Gasteiger partial charge in [-0.1, -0.05) is 37.5 Å². The van der Waals surface area contributed by atoms with E-state index in [-0.39, 0.29) is 0 Å². The van der Waals surface area contributed by atoms with Gasteiger partial charge in [-0.3, -0.25) is 4.90 Å². The van der Waals surface area contributed by atoms with E-state index in [1.807, 2.05) is 0 Å². The average molecular weight is 396 g/mol. The summed E-state index contributed by atoms with van der Waals surface area (Å²) >= 11 is 0. The fourth-order valence-electron chi connectivity index (χ4n) is 4.37. The Hall–Kier alpha value is -2.41. The molecule has 0 atom stereocenters. The van der Waals surface area contributed by atoms with Crippen LogP contribution in [0.3, 0.4) is 0 Å². The van der Waals surface area contributed by atoms with Gasteiger partial charge in [0.25, 0.3) is 0 Å². The van der Waals surface area contributed by atoms with E-state index in [2.05, 4.69) is 60.4 Å². The number of nitrogens with two attached hydrogens (primary N) is 1. The molecule has 0 amide bonds. The second kappa shape index (κ2) is 9.87. The summed E-state index contributed by atoms with van der Waals surface area (Å²) in [4.78, 5) is 18.3. The lowest BCUT2D eigenvalue weighted by molar-refractivity contribution is 0.254. The summed E-state index contributed by atoms with van der Waals surface area (Å²) in [5, 5.41) is 3.46. The first-order chi connectivity index (χ1) is 14.3. The number of para-hydroxylation sites is 1. The van der Waals surface area contributed by atoms with Gasteiger partial charge in [-0.2, -0.15) is 15.0 Å². The maximum absolute atomic E-state index is 5.93. The number of hydrogen-bond donors (Lipinski definition) is 2. The number of anilines is 3. The van der Waals surface area contributed by atoms with Crippen molar-refractivity contribution in [2.75, 3.05) is 48.7 Å². The largest absolute Gasteiger partial charge is 0.369 e. The van der Waals surface area contributed by atoms with E-state index in [0.29, 0.717) is 17.9 Å². The Morgan fingerprint density at radius 2 is 1.69 bits per heavy atom. The molecule has 1 saturated heterocycles. The molecule has 2 aliphatic rings. The van der Waals surface area contributed by atoms with E-state index in [1.54, 1.807) is 0 Å². The van der Waals surface area contributed by atoms with Crippen LogP contribution in [0.15, 0.2) is 30.3 Å². The zero-order valence-corrected chi connectivity index (χ0v) is 17.3. The van der Waals surface area contributed by atoms with Crippen LogP contribution in [-0.2, 0) is 6.42 Å². The van der Waals surface area contributed by atoms with Crippen molar-refractivity contribution in [2.24, 2.45) is 0 Å². The topological polar surface area (TPSA) is 83.2 Å². The maximum Gasteiger partial charge on any atom is 0.227 e. The molecule has 2 heterocycles. The Balaban J connectivity index is 1.22. The molecule has 1 aromatic heterocycles. The number of benzene rings is 1. The molecule has 7 heteroatoms.